The zero-order valence-electron chi connectivity index (χ0n) is 12.1. The molecule has 0 unspecified atom stereocenters. The van der Waals surface area contributed by atoms with Gasteiger partial charge in [-0.25, -0.2) is 5.10 Å². The predicted molar refractivity (Wildman–Crippen MR) is 84.9 cm³/mol. The molecular weight excluding hydrogens is 292 g/mol. The first-order chi connectivity index (χ1) is 11.3. The molecule has 0 spiro atoms. The Kier molecular flexibility index (Phi) is 3.20. The van der Waals surface area contributed by atoms with E-state index in [1.54, 1.807) is 18.4 Å². The van der Waals surface area contributed by atoms with Gasteiger partial charge >= 0.3 is 0 Å². The Balaban J connectivity index is 1.66. The fraction of sp³-hybridized carbons (Fsp3) is 0.0588. The summed E-state index contributed by atoms with van der Waals surface area (Å²) in [7, 11) is 0. The molecule has 0 saturated heterocycles. The topological polar surface area (TPSA) is 84.7 Å². The molecular formula is C17H12N4O2. The summed E-state index contributed by atoms with van der Waals surface area (Å²) in [6.07, 6.45) is 2.06. The minimum absolute atomic E-state index is 0.00959. The van der Waals surface area contributed by atoms with Crippen molar-refractivity contribution in [3.8, 4) is 11.4 Å². The number of tetrazole rings is 1. The minimum Gasteiger partial charge on any atom is -0.464 e. The Labute approximate surface area is 130 Å². The van der Waals surface area contributed by atoms with Gasteiger partial charge in [-0.05, 0) is 28.1 Å². The standard InChI is InChI=1S/C17H12N4O2/c22-16-13(10-23-15-4-2-1-3-14(15)16)9-11-5-7-12(8-6-11)17-18-20-21-19-17/h1-8,10H,9H2,(H,18,19,20,21). The molecule has 0 saturated carbocycles. The zero-order chi connectivity index (χ0) is 15.6. The molecule has 23 heavy (non-hydrogen) atoms. The summed E-state index contributed by atoms with van der Waals surface area (Å²) in [5.74, 6) is 0.613. The van der Waals surface area contributed by atoms with Crippen LogP contribution in [0.25, 0.3) is 22.4 Å². The third-order valence-corrected chi connectivity index (χ3v) is 3.72. The van der Waals surface area contributed by atoms with Gasteiger partial charge in [0.15, 0.2) is 11.3 Å². The molecule has 6 heteroatoms. The molecule has 0 aliphatic carbocycles. The van der Waals surface area contributed by atoms with E-state index in [0.29, 0.717) is 28.8 Å². The Morgan fingerprint density at radius 1 is 1.04 bits per heavy atom. The van der Waals surface area contributed by atoms with Gasteiger partial charge in [0.05, 0.1) is 11.6 Å². The molecule has 0 radical (unpaired) electrons. The maximum absolute atomic E-state index is 12.5. The molecule has 0 atom stereocenters. The van der Waals surface area contributed by atoms with Crippen molar-refractivity contribution in [1.29, 1.82) is 0 Å². The smallest absolute Gasteiger partial charge is 0.196 e. The molecule has 0 bridgehead atoms. The first kappa shape index (κ1) is 13.4. The number of hydrogen-bond donors (Lipinski definition) is 1. The number of hydrogen-bond acceptors (Lipinski definition) is 5. The average Bonchev–Trinajstić information content (AvgIpc) is 3.13. The van der Waals surface area contributed by atoms with Crippen LogP contribution in [0, 0.1) is 0 Å². The normalized spacial score (nSPS) is 11.0. The molecule has 2 aromatic heterocycles. The lowest BCUT2D eigenvalue weighted by Gasteiger charge is -2.04. The van der Waals surface area contributed by atoms with Gasteiger partial charge in [-0.3, -0.25) is 4.79 Å². The highest BCUT2D eigenvalue weighted by Gasteiger charge is 2.08. The van der Waals surface area contributed by atoms with Crippen molar-refractivity contribution in [2.24, 2.45) is 0 Å². The summed E-state index contributed by atoms with van der Waals surface area (Å²) in [5, 5.41) is 14.3. The number of rotatable bonds is 3. The molecule has 112 valence electrons. The van der Waals surface area contributed by atoms with Crippen molar-refractivity contribution in [3.63, 3.8) is 0 Å². The third kappa shape index (κ3) is 2.50. The lowest BCUT2D eigenvalue weighted by atomic mass is 10.0. The van der Waals surface area contributed by atoms with Gasteiger partial charge in [0.2, 0.25) is 0 Å². The molecule has 0 aliphatic heterocycles. The highest BCUT2D eigenvalue weighted by atomic mass is 16.3. The van der Waals surface area contributed by atoms with Crippen molar-refractivity contribution in [3.05, 3.63) is 76.1 Å². The van der Waals surface area contributed by atoms with Gasteiger partial charge < -0.3 is 4.42 Å². The van der Waals surface area contributed by atoms with E-state index in [2.05, 4.69) is 20.6 Å². The van der Waals surface area contributed by atoms with Gasteiger partial charge in [-0.2, -0.15) is 0 Å². The van der Waals surface area contributed by atoms with Crippen molar-refractivity contribution < 1.29 is 4.42 Å². The van der Waals surface area contributed by atoms with Crippen molar-refractivity contribution in [2.75, 3.05) is 0 Å². The second-order valence-electron chi connectivity index (χ2n) is 5.21. The Morgan fingerprint density at radius 2 is 1.87 bits per heavy atom. The number of fused-ring (bicyclic) bond motifs is 1. The molecule has 6 nitrogen and oxygen atoms in total. The highest BCUT2D eigenvalue weighted by molar-refractivity contribution is 5.76. The van der Waals surface area contributed by atoms with E-state index in [4.69, 9.17) is 4.42 Å². The Bertz CT molecular complexity index is 1000. The van der Waals surface area contributed by atoms with Crippen LogP contribution < -0.4 is 5.43 Å². The molecule has 2 aromatic carbocycles. The van der Waals surface area contributed by atoms with Crippen LogP contribution in [0.5, 0.6) is 0 Å². The number of aromatic amines is 1. The molecule has 0 aliphatic rings. The molecule has 2 heterocycles. The van der Waals surface area contributed by atoms with Gasteiger partial charge in [-0.15, -0.1) is 5.10 Å². The van der Waals surface area contributed by atoms with Gasteiger partial charge in [0.25, 0.3) is 0 Å². The number of para-hydroxylation sites is 1. The summed E-state index contributed by atoms with van der Waals surface area (Å²) in [6, 6.07) is 15.0. The quantitative estimate of drug-likeness (QED) is 0.629. The number of H-pyrrole nitrogens is 1. The lowest BCUT2D eigenvalue weighted by Crippen LogP contribution is -2.09. The predicted octanol–water partition coefficient (Wildman–Crippen LogP) is 2.56. The van der Waals surface area contributed by atoms with E-state index >= 15 is 0 Å². The van der Waals surface area contributed by atoms with Gasteiger partial charge in [-0.1, -0.05) is 36.4 Å². The van der Waals surface area contributed by atoms with Crippen LogP contribution >= 0.6 is 0 Å². The number of nitrogens with zero attached hydrogens (tertiary/aromatic N) is 3. The highest BCUT2D eigenvalue weighted by Crippen LogP contribution is 2.17. The van der Waals surface area contributed by atoms with Gasteiger partial charge in [0.1, 0.15) is 5.58 Å². The Morgan fingerprint density at radius 3 is 2.65 bits per heavy atom. The molecule has 1 N–H and O–H groups in total. The summed E-state index contributed by atoms with van der Waals surface area (Å²) < 4.78 is 5.55. The zero-order valence-corrected chi connectivity index (χ0v) is 12.1. The fourth-order valence-electron chi connectivity index (χ4n) is 2.52. The minimum atomic E-state index is 0.00959. The summed E-state index contributed by atoms with van der Waals surface area (Å²) in [6.45, 7) is 0. The van der Waals surface area contributed by atoms with Crippen molar-refractivity contribution >= 4 is 11.0 Å². The van der Waals surface area contributed by atoms with Crippen LogP contribution in [-0.4, -0.2) is 20.6 Å². The molecule has 0 fully saturated rings. The van der Waals surface area contributed by atoms with E-state index in [-0.39, 0.29) is 5.43 Å². The van der Waals surface area contributed by atoms with Gasteiger partial charge in [0, 0.05) is 17.5 Å². The fourth-order valence-corrected chi connectivity index (χ4v) is 2.52. The maximum Gasteiger partial charge on any atom is 0.196 e. The summed E-state index contributed by atoms with van der Waals surface area (Å²) in [4.78, 5) is 12.5. The van der Waals surface area contributed by atoms with Crippen LogP contribution in [-0.2, 0) is 6.42 Å². The molecule has 0 amide bonds. The maximum atomic E-state index is 12.5. The van der Waals surface area contributed by atoms with Crippen molar-refractivity contribution in [2.45, 2.75) is 6.42 Å². The second-order valence-corrected chi connectivity index (χ2v) is 5.21. The van der Waals surface area contributed by atoms with Crippen LogP contribution in [0.4, 0.5) is 0 Å². The molecule has 4 rings (SSSR count). The van der Waals surface area contributed by atoms with E-state index < -0.39 is 0 Å². The van der Waals surface area contributed by atoms with Crippen LogP contribution in [0.15, 0.2) is 64.0 Å². The first-order valence-electron chi connectivity index (χ1n) is 7.14. The summed E-state index contributed by atoms with van der Waals surface area (Å²) in [5.41, 5.74) is 3.16. The SMILES string of the molecule is O=c1c(Cc2ccc(-c3nnn[nH]3)cc2)coc2ccccc12. The van der Waals surface area contributed by atoms with E-state index in [1.165, 1.54) is 0 Å². The number of aromatic nitrogens is 4. The average molecular weight is 304 g/mol. The number of nitrogens with one attached hydrogen (secondary N) is 1. The first-order valence-corrected chi connectivity index (χ1v) is 7.14. The monoisotopic (exact) mass is 304 g/mol. The van der Waals surface area contributed by atoms with Crippen LogP contribution in [0.3, 0.4) is 0 Å². The largest absolute Gasteiger partial charge is 0.464 e. The van der Waals surface area contributed by atoms with E-state index in [9.17, 15) is 4.79 Å². The van der Waals surface area contributed by atoms with Crippen LogP contribution in [0.1, 0.15) is 11.1 Å². The van der Waals surface area contributed by atoms with E-state index in [1.807, 2.05) is 36.4 Å². The lowest BCUT2D eigenvalue weighted by molar-refractivity contribution is 0.594. The third-order valence-electron chi connectivity index (χ3n) is 3.72. The van der Waals surface area contributed by atoms with Crippen LogP contribution in [0.2, 0.25) is 0 Å². The second kappa shape index (κ2) is 5.49. The van der Waals surface area contributed by atoms with E-state index in [0.717, 1.165) is 11.1 Å². The Hall–Kier alpha value is -3.28. The van der Waals surface area contributed by atoms with Crippen molar-refractivity contribution in [1.82, 2.24) is 20.6 Å². The number of benzene rings is 2. The summed E-state index contributed by atoms with van der Waals surface area (Å²) >= 11 is 0. The molecule has 4 aromatic rings.